The van der Waals surface area contributed by atoms with E-state index < -0.39 is 29.4 Å². The number of ether oxygens (including phenoxy) is 1. The maximum Gasteiger partial charge on any atom is 0.326 e. The fraction of sp³-hybridized carbons (Fsp3) is 0.444. The Bertz CT molecular complexity index is 1100. The molecule has 0 aliphatic carbocycles. The first kappa shape index (κ1) is 28.8. The Morgan fingerprint density at radius 3 is 2.24 bits per heavy atom. The molecular formula is C27H32Cl2N2O6. The first-order valence-electron chi connectivity index (χ1n) is 12.3. The Balaban J connectivity index is 1.67. The van der Waals surface area contributed by atoms with Crippen LogP contribution in [-0.2, 0) is 27.4 Å². The molecule has 3 N–H and O–H groups in total. The summed E-state index contributed by atoms with van der Waals surface area (Å²) in [7, 11) is 0. The number of hydrogen-bond acceptors (Lipinski definition) is 5. The van der Waals surface area contributed by atoms with E-state index in [4.69, 9.17) is 27.9 Å². The number of carboxylic acids is 1. The SMILES string of the molecule is CCC(CC)(C(=O)N[C@@H](Cc1ccc(OCc2c(Cl)cccc2Cl)cc1)C(=O)O)C(=O)N1CC[C@@H](O)C1. The summed E-state index contributed by atoms with van der Waals surface area (Å²) in [4.78, 5) is 40.1. The number of hydrogen-bond donors (Lipinski definition) is 3. The summed E-state index contributed by atoms with van der Waals surface area (Å²) in [5.41, 5.74) is -0.0598. The highest BCUT2D eigenvalue weighted by Gasteiger charge is 2.47. The minimum Gasteiger partial charge on any atom is -0.489 e. The molecule has 0 spiro atoms. The van der Waals surface area contributed by atoms with Gasteiger partial charge in [-0.2, -0.15) is 0 Å². The van der Waals surface area contributed by atoms with Crippen molar-refractivity contribution in [3.05, 3.63) is 63.6 Å². The van der Waals surface area contributed by atoms with Crippen molar-refractivity contribution >= 4 is 41.0 Å². The third-order valence-electron chi connectivity index (χ3n) is 6.91. The molecule has 1 saturated heterocycles. The number of benzene rings is 2. The largest absolute Gasteiger partial charge is 0.489 e. The average molecular weight is 551 g/mol. The number of aliphatic hydroxyl groups excluding tert-OH is 1. The number of likely N-dealkylation sites (tertiary alicyclic amines) is 1. The third-order valence-corrected chi connectivity index (χ3v) is 7.62. The first-order valence-corrected chi connectivity index (χ1v) is 13.0. The van der Waals surface area contributed by atoms with E-state index in [1.165, 1.54) is 4.90 Å². The Hall–Kier alpha value is -2.81. The van der Waals surface area contributed by atoms with Crippen LogP contribution >= 0.6 is 23.2 Å². The van der Waals surface area contributed by atoms with Crippen LogP contribution in [0.1, 0.15) is 44.2 Å². The number of nitrogens with zero attached hydrogens (tertiary/aromatic N) is 1. The number of aliphatic hydroxyl groups is 1. The fourth-order valence-electron chi connectivity index (χ4n) is 4.48. The summed E-state index contributed by atoms with van der Waals surface area (Å²) in [6.45, 7) is 4.18. The molecule has 0 bridgehead atoms. The maximum atomic E-state index is 13.3. The minimum absolute atomic E-state index is 0.0256. The molecule has 8 nitrogen and oxygen atoms in total. The Kier molecular flexibility index (Phi) is 9.81. The van der Waals surface area contributed by atoms with Crippen LogP contribution in [0.2, 0.25) is 10.0 Å². The van der Waals surface area contributed by atoms with Crippen molar-refractivity contribution in [3.8, 4) is 5.75 Å². The van der Waals surface area contributed by atoms with Gasteiger partial charge in [0.1, 0.15) is 23.8 Å². The normalized spacial score (nSPS) is 16.4. The fourth-order valence-corrected chi connectivity index (χ4v) is 4.99. The molecule has 2 aromatic carbocycles. The van der Waals surface area contributed by atoms with E-state index in [0.717, 1.165) is 0 Å². The molecule has 1 aliphatic heterocycles. The molecule has 2 amide bonds. The molecule has 1 aliphatic rings. The van der Waals surface area contributed by atoms with Crippen LogP contribution in [0.3, 0.4) is 0 Å². The predicted molar refractivity (Wildman–Crippen MR) is 141 cm³/mol. The zero-order valence-corrected chi connectivity index (χ0v) is 22.4. The van der Waals surface area contributed by atoms with E-state index in [9.17, 15) is 24.6 Å². The van der Waals surface area contributed by atoms with E-state index in [0.29, 0.717) is 39.9 Å². The second-order valence-electron chi connectivity index (χ2n) is 9.18. The molecular weight excluding hydrogens is 519 g/mol. The number of halogens is 2. The molecule has 0 aromatic heterocycles. The van der Waals surface area contributed by atoms with Crippen LogP contribution in [0.5, 0.6) is 5.75 Å². The summed E-state index contributed by atoms with van der Waals surface area (Å²) >= 11 is 12.4. The van der Waals surface area contributed by atoms with Gasteiger partial charge in [-0.1, -0.05) is 55.2 Å². The number of carbonyl (C=O) groups is 3. The standard InChI is InChI=1S/C27H32Cl2N2O6/c1-3-27(4-2,26(36)31-13-12-18(32)15-31)25(35)30-23(24(33)34)14-17-8-10-19(11-9-17)37-16-20-21(28)6-5-7-22(20)29/h5-11,18,23,32H,3-4,12-16H2,1-2H3,(H,30,35)(H,33,34)/t18-,23+/m1/s1. The van der Waals surface area contributed by atoms with Gasteiger partial charge in [-0.05, 0) is 49.1 Å². The lowest BCUT2D eigenvalue weighted by atomic mass is 9.79. The Morgan fingerprint density at radius 1 is 1.11 bits per heavy atom. The smallest absolute Gasteiger partial charge is 0.326 e. The van der Waals surface area contributed by atoms with Gasteiger partial charge >= 0.3 is 5.97 Å². The minimum atomic E-state index is -1.39. The van der Waals surface area contributed by atoms with E-state index >= 15 is 0 Å². The van der Waals surface area contributed by atoms with Crippen LogP contribution in [-0.4, -0.2) is 58.1 Å². The molecule has 3 rings (SSSR count). The summed E-state index contributed by atoms with van der Waals surface area (Å²) < 4.78 is 5.77. The predicted octanol–water partition coefficient (Wildman–Crippen LogP) is 4.08. The molecule has 10 heteroatoms. The molecule has 0 radical (unpaired) electrons. The van der Waals surface area contributed by atoms with E-state index in [1.807, 2.05) is 0 Å². The van der Waals surface area contributed by atoms with Gasteiger partial charge in [0.15, 0.2) is 0 Å². The lowest BCUT2D eigenvalue weighted by Gasteiger charge is -2.34. The average Bonchev–Trinajstić information content (AvgIpc) is 3.31. The zero-order chi connectivity index (χ0) is 27.2. The molecule has 2 aromatic rings. The van der Waals surface area contributed by atoms with Crippen molar-refractivity contribution in [2.24, 2.45) is 5.41 Å². The molecule has 0 saturated carbocycles. The van der Waals surface area contributed by atoms with Crippen LogP contribution < -0.4 is 10.1 Å². The summed E-state index contributed by atoms with van der Waals surface area (Å²) in [5, 5.41) is 23.2. The number of carbonyl (C=O) groups excluding carboxylic acids is 2. The van der Waals surface area contributed by atoms with Crippen molar-refractivity contribution in [1.29, 1.82) is 0 Å². The number of aliphatic carboxylic acids is 1. The molecule has 1 fully saturated rings. The number of β-amino-alcohol motifs (C(OH)–C–C–N with tert-alkyl or cyclic N) is 1. The highest BCUT2D eigenvalue weighted by molar-refractivity contribution is 6.35. The van der Waals surface area contributed by atoms with Crippen molar-refractivity contribution in [2.75, 3.05) is 13.1 Å². The zero-order valence-electron chi connectivity index (χ0n) is 20.9. The van der Waals surface area contributed by atoms with Crippen LogP contribution in [0.15, 0.2) is 42.5 Å². The van der Waals surface area contributed by atoms with Gasteiger partial charge in [0, 0.05) is 35.1 Å². The quantitative estimate of drug-likeness (QED) is 0.363. The third kappa shape index (κ3) is 6.74. The Morgan fingerprint density at radius 2 is 1.73 bits per heavy atom. The van der Waals surface area contributed by atoms with Crippen molar-refractivity contribution in [1.82, 2.24) is 10.2 Å². The van der Waals surface area contributed by atoms with Gasteiger partial charge in [0.05, 0.1) is 6.10 Å². The van der Waals surface area contributed by atoms with Gasteiger partial charge in [-0.25, -0.2) is 4.79 Å². The highest BCUT2D eigenvalue weighted by atomic mass is 35.5. The van der Waals surface area contributed by atoms with Crippen molar-refractivity contribution in [2.45, 2.75) is 58.3 Å². The molecule has 1 heterocycles. The van der Waals surface area contributed by atoms with Crippen molar-refractivity contribution in [3.63, 3.8) is 0 Å². The summed E-state index contributed by atoms with van der Waals surface area (Å²) in [6, 6.07) is 10.8. The van der Waals surface area contributed by atoms with Gasteiger partial charge in [0.2, 0.25) is 11.8 Å². The Labute approximate surface area is 226 Å². The topological polar surface area (TPSA) is 116 Å². The molecule has 200 valence electrons. The number of carboxylic acid groups (broad SMARTS) is 1. The lowest BCUT2D eigenvalue weighted by molar-refractivity contribution is -0.153. The van der Waals surface area contributed by atoms with E-state index in [1.54, 1.807) is 56.3 Å². The van der Waals surface area contributed by atoms with Gasteiger partial charge in [-0.3, -0.25) is 9.59 Å². The van der Waals surface area contributed by atoms with Crippen LogP contribution in [0.25, 0.3) is 0 Å². The lowest BCUT2D eigenvalue weighted by Crippen LogP contribution is -2.55. The second-order valence-corrected chi connectivity index (χ2v) is 10.00. The summed E-state index contributed by atoms with van der Waals surface area (Å²) in [6.07, 6.45) is 0.305. The molecule has 2 atom stereocenters. The monoisotopic (exact) mass is 550 g/mol. The number of rotatable bonds is 11. The molecule has 37 heavy (non-hydrogen) atoms. The van der Waals surface area contributed by atoms with Gasteiger partial charge in [0.25, 0.3) is 0 Å². The van der Waals surface area contributed by atoms with Gasteiger partial charge in [-0.15, -0.1) is 0 Å². The van der Waals surface area contributed by atoms with E-state index in [2.05, 4.69) is 5.32 Å². The first-order chi connectivity index (χ1) is 17.6. The maximum absolute atomic E-state index is 13.3. The highest BCUT2D eigenvalue weighted by Crippen LogP contribution is 2.32. The number of nitrogens with one attached hydrogen (secondary N) is 1. The van der Waals surface area contributed by atoms with Gasteiger partial charge < -0.3 is 25.2 Å². The van der Waals surface area contributed by atoms with Crippen LogP contribution in [0, 0.1) is 5.41 Å². The van der Waals surface area contributed by atoms with E-state index in [-0.39, 0.29) is 38.3 Å². The second kappa shape index (κ2) is 12.6. The number of amides is 2. The molecule has 0 unspecified atom stereocenters. The van der Waals surface area contributed by atoms with Crippen molar-refractivity contribution < 1.29 is 29.3 Å². The van der Waals surface area contributed by atoms with Crippen LogP contribution in [0.4, 0.5) is 0 Å². The summed E-state index contributed by atoms with van der Waals surface area (Å²) in [5.74, 6) is -1.65.